The van der Waals surface area contributed by atoms with Crippen LogP contribution in [-0.4, -0.2) is 24.2 Å². The molecule has 0 aromatic carbocycles. The maximum absolute atomic E-state index is 11.8. The lowest BCUT2D eigenvalue weighted by Gasteiger charge is -2.34. The van der Waals surface area contributed by atoms with Gasteiger partial charge < -0.3 is 4.74 Å². The molecule has 5 heteroatoms. The zero-order valence-electron chi connectivity index (χ0n) is 9.58. The molecule has 2 rings (SSSR count). The molecule has 1 heterocycles. The quantitative estimate of drug-likeness (QED) is 0.707. The monoisotopic (exact) mass is 224 g/mol. The summed E-state index contributed by atoms with van der Waals surface area (Å²) >= 11 is 0. The molecule has 0 aromatic heterocycles. The number of hydrogen-bond donors (Lipinski definition) is 1. The molecule has 1 saturated carbocycles. The highest BCUT2D eigenvalue weighted by Crippen LogP contribution is 2.42. The number of nitrogens with zero attached hydrogens (tertiary/aromatic N) is 1. The highest BCUT2D eigenvalue weighted by Gasteiger charge is 2.54. The summed E-state index contributed by atoms with van der Waals surface area (Å²) in [4.78, 5) is 23.7. The Kier molecular flexibility index (Phi) is 2.69. The van der Waals surface area contributed by atoms with E-state index in [-0.39, 0.29) is 17.8 Å². The van der Waals surface area contributed by atoms with Gasteiger partial charge in [-0.05, 0) is 33.1 Å². The molecule has 16 heavy (non-hydrogen) atoms. The van der Waals surface area contributed by atoms with E-state index in [1.54, 1.807) is 13.8 Å². The molecule has 1 fully saturated rings. The number of nitrogens with one attached hydrogen (secondary N) is 1. The van der Waals surface area contributed by atoms with Crippen LogP contribution in [0.25, 0.3) is 0 Å². The lowest BCUT2D eigenvalue weighted by atomic mass is 9.66. The summed E-state index contributed by atoms with van der Waals surface area (Å²) < 4.78 is 5.03. The normalized spacial score (nSPS) is 32.8. The van der Waals surface area contributed by atoms with E-state index < -0.39 is 5.41 Å². The number of hydrogen-bond acceptors (Lipinski definition) is 4. The van der Waals surface area contributed by atoms with Gasteiger partial charge in [0.1, 0.15) is 5.41 Å². The second-order valence-corrected chi connectivity index (χ2v) is 4.40. The van der Waals surface area contributed by atoms with Crippen LogP contribution in [0, 0.1) is 11.3 Å². The fraction of sp³-hybridized carbons (Fsp3) is 0.727. The van der Waals surface area contributed by atoms with Gasteiger partial charge in [-0.3, -0.25) is 9.59 Å². The van der Waals surface area contributed by atoms with Gasteiger partial charge in [-0.2, -0.15) is 5.10 Å². The number of carbonyl (C=O) groups excluding carboxylic acids is 2. The summed E-state index contributed by atoms with van der Waals surface area (Å²) in [5.74, 6) is -0.850. The van der Waals surface area contributed by atoms with Gasteiger partial charge in [0, 0.05) is 0 Å². The van der Waals surface area contributed by atoms with Crippen molar-refractivity contribution in [1.82, 2.24) is 5.43 Å². The van der Waals surface area contributed by atoms with E-state index in [9.17, 15) is 9.59 Å². The van der Waals surface area contributed by atoms with Crippen LogP contribution in [0.15, 0.2) is 5.10 Å². The molecule has 1 N–H and O–H groups in total. The minimum absolute atomic E-state index is 0.180. The van der Waals surface area contributed by atoms with Crippen molar-refractivity contribution in [3.05, 3.63) is 0 Å². The smallest absolute Gasteiger partial charge is 0.310 e. The Morgan fingerprint density at radius 3 is 3.12 bits per heavy atom. The molecular formula is C11H16N2O3. The summed E-state index contributed by atoms with van der Waals surface area (Å²) in [6.07, 6.45) is 2.36. The van der Waals surface area contributed by atoms with Gasteiger partial charge in [0.2, 0.25) is 0 Å². The molecule has 0 spiro atoms. The van der Waals surface area contributed by atoms with E-state index in [1.807, 2.05) is 0 Å². The third kappa shape index (κ3) is 1.42. The molecule has 88 valence electrons. The summed E-state index contributed by atoms with van der Waals surface area (Å²) in [7, 11) is 0. The van der Waals surface area contributed by atoms with Crippen LogP contribution in [0.4, 0.5) is 0 Å². The van der Waals surface area contributed by atoms with Crippen LogP contribution in [0.5, 0.6) is 0 Å². The van der Waals surface area contributed by atoms with Crippen molar-refractivity contribution < 1.29 is 14.3 Å². The lowest BCUT2D eigenvalue weighted by molar-refractivity contribution is -0.154. The highest BCUT2D eigenvalue weighted by atomic mass is 16.5. The Labute approximate surface area is 94.2 Å². The predicted octanol–water partition coefficient (Wildman–Crippen LogP) is 0.842. The first-order valence-corrected chi connectivity index (χ1v) is 5.64. The Bertz CT molecular complexity index is 364. The molecule has 0 aromatic rings. The van der Waals surface area contributed by atoms with Crippen molar-refractivity contribution in [3.8, 4) is 0 Å². The fourth-order valence-electron chi connectivity index (χ4n) is 2.52. The van der Waals surface area contributed by atoms with Gasteiger partial charge in [-0.25, -0.2) is 5.43 Å². The van der Waals surface area contributed by atoms with E-state index in [0.717, 1.165) is 18.6 Å². The molecule has 2 aliphatic rings. The first kappa shape index (κ1) is 11.1. The van der Waals surface area contributed by atoms with Crippen molar-refractivity contribution in [3.63, 3.8) is 0 Å². The Morgan fingerprint density at radius 2 is 2.44 bits per heavy atom. The second-order valence-electron chi connectivity index (χ2n) is 4.40. The molecule has 0 bridgehead atoms. The van der Waals surface area contributed by atoms with Crippen molar-refractivity contribution in [2.24, 2.45) is 16.4 Å². The van der Waals surface area contributed by atoms with Gasteiger partial charge in [-0.15, -0.1) is 0 Å². The first-order chi connectivity index (χ1) is 7.60. The van der Waals surface area contributed by atoms with E-state index >= 15 is 0 Å². The van der Waals surface area contributed by atoms with Crippen molar-refractivity contribution in [1.29, 1.82) is 0 Å². The van der Waals surface area contributed by atoms with Crippen LogP contribution in [0.2, 0.25) is 0 Å². The maximum atomic E-state index is 11.8. The molecule has 1 amide bonds. The number of amides is 1. The molecule has 0 saturated heterocycles. The van der Waals surface area contributed by atoms with E-state index in [0.29, 0.717) is 13.0 Å². The van der Waals surface area contributed by atoms with Gasteiger partial charge in [0.25, 0.3) is 5.91 Å². The minimum Gasteiger partial charge on any atom is -0.466 e. The van der Waals surface area contributed by atoms with Crippen LogP contribution < -0.4 is 5.43 Å². The number of fused-ring (bicyclic) bond motifs is 1. The molecule has 2 unspecified atom stereocenters. The average Bonchev–Trinajstić information content (AvgIpc) is 2.55. The van der Waals surface area contributed by atoms with Crippen LogP contribution in [0.1, 0.15) is 33.1 Å². The predicted molar refractivity (Wildman–Crippen MR) is 57.7 cm³/mol. The average molecular weight is 224 g/mol. The fourth-order valence-corrected chi connectivity index (χ4v) is 2.52. The third-order valence-electron chi connectivity index (χ3n) is 3.54. The summed E-state index contributed by atoms with van der Waals surface area (Å²) in [6, 6.07) is 0. The molecule has 1 aliphatic heterocycles. The molecule has 2 atom stereocenters. The molecule has 0 radical (unpaired) electrons. The zero-order valence-corrected chi connectivity index (χ0v) is 9.58. The van der Waals surface area contributed by atoms with Crippen molar-refractivity contribution in [2.75, 3.05) is 6.61 Å². The molecular weight excluding hydrogens is 208 g/mol. The largest absolute Gasteiger partial charge is 0.466 e. The Morgan fingerprint density at radius 1 is 1.69 bits per heavy atom. The summed E-state index contributed by atoms with van der Waals surface area (Å²) in [5, 5.41) is 4.01. The highest BCUT2D eigenvalue weighted by molar-refractivity contribution is 6.14. The molecule has 1 aliphatic carbocycles. The zero-order chi connectivity index (χ0) is 11.8. The van der Waals surface area contributed by atoms with Gasteiger partial charge in [0.05, 0.1) is 18.2 Å². The minimum atomic E-state index is -0.787. The third-order valence-corrected chi connectivity index (χ3v) is 3.54. The van der Waals surface area contributed by atoms with Gasteiger partial charge >= 0.3 is 5.97 Å². The Hall–Kier alpha value is -1.39. The Balaban J connectivity index is 2.28. The van der Waals surface area contributed by atoms with E-state index in [4.69, 9.17) is 4.74 Å². The van der Waals surface area contributed by atoms with Crippen LogP contribution in [-0.2, 0) is 14.3 Å². The SMILES string of the molecule is CCOC(=O)C1CCCC2=NNC(=O)C21C. The number of carbonyl (C=O) groups is 2. The van der Waals surface area contributed by atoms with Crippen LogP contribution in [0.3, 0.4) is 0 Å². The second kappa shape index (κ2) is 3.88. The van der Waals surface area contributed by atoms with Crippen molar-refractivity contribution in [2.45, 2.75) is 33.1 Å². The standard InChI is InChI=1S/C11H16N2O3/c1-3-16-9(14)7-5-4-6-8-11(7,2)10(15)13-12-8/h7H,3-6H2,1-2H3,(H,13,15). The molecule has 5 nitrogen and oxygen atoms in total. The number of hydrazone groups is 1. The number of ether oxygens (including phenoxy) is 1. The summed E-state index contributed by atoms with van der Waals surface area (Å²) in [5.41, 5.74) is 2.48. The topological polar surface area (TPSA) is 67.8 Å². The van der Waals surface area contributed by atoms with E-state index in [2.05, 4.69) is 10.5 Å². The number of esters is 1. The first-order valence-electron chi connectivity index (χ1n) is 5.64. The van der Waals surface area contributed by atoms with E-state index in [1.165, 1.54) is 0 Å². The summed E-state index contributed by atoms with van der Waals surface area (Å²) in [6.45, 7) is 3.90. The van der Waals surface area contributed by atoms with Gasteiger partial charge in [-0.1, -0.05) is 0 Å². The lowest BCUT2D eigenvalue weighted by Crippen LogP contribution is -2.48. The maximum Gasteiger partial charge on any atom is 0.310 e. The van der Waals surface area contributed by atoms with Crippen molar-refractivity contribution >= 4 is 17.6 Å². The number of rotatable bonds is 2. The van der Waals surface area contributed by atoms with Crippen LogP contribution >= 0.6 is 0 Å². The van der Waals surface area contributed by atoms with Gasteiger partial charge in [0.15, 0.2) is 0 Å².